The molecule has 2 N–H and O–H groups in total. The van der Waals surface area contributed by atoms with E-state index >= 15 is 0 Å². The summed E-state index contributed by atoms with van der Waals surface area (Å²) < 4.78 is 5.09. The molecule has 21 heavy (non-hydrogen) atoms. The van der Waals surface area contributed by atoms with Crippen molar-refractivity contribution in [2.45, 2.75) is 32.0 Å². The zero-order valence-electron chi connectivity index (χ0n) is 12.3. The Bertz CT molecular complexity index is 419. The van der Waals surface area contributed by atoms with Crippen LogP contribution < -0.4 is 5.32 Å². The van der Waals surface area contributed by atoms with Crippen molar-refractivity contribution in [3.8, 4) is 0 Å². The standard InChI is InChI=1S/C16H24N2O3/c19-15(12-18-9-5-2-6-10-18)11-17-16(20)21-13-14-7-3-1-4-8-14/h1,3-4,7-8,15,19H,2,5-6,9-13H2,(H,17,20)/t15-/m1/s1. The number of likely N-dealkylation sites (tertiary alicyclic amines) is 1. The number of rotatable bonds is 6. The van der Waals surface area contributed by atoms with Gasteiger partial charge in [0, 0.05) is 13.1 Å². The lowest BCUT2D eigenvalue weighted by molar-refractivity contribution is 0.0927. The molecule has 2 rings (SSSR count). The first-order valence-electron chi connectivity index (χ1n) is 7.59. The third-order valence-electron chi connectivity index (χ3n) is 3.61. The maximum absolute atomic E-state index is 11.6. The van der Waals surface area contributed by atoms with Gasteiger partial charge in [0.05, 0.1) is 6.10 Å². The highest BCUT2D eigenvalue weighted by Gasteiger charge is 2.15. The van der Waals surface area contributed by atoms with Crippen molar-refractivity contribution in [3.05, 3.63) is 35.9 Å². The van der Waals surface area contributed by atoms with Gasteiger partial charge in [-0.3, -0.25) is 0 Å². The highest BCUT2D eigenvalue weighted by Crippen LogP contribution is 2.08. The van der Waals surface area contributed by atoms with Crippen LogP contribution in [0.5, 0.6) is 0 Å². The van der Waals surface area contributed by atoms with Crippen molar-refractivity contribution < 1.29 is 14.6 Å². The van der Waals surface area contributed by atoms with Gasteiger partial charge in [0.2, 0.25) is 0 Å². The second-order valence-electron chi connectivity index (χ2n) is 5.46. The third-order valence-corrected chi connectivity index (χ3v) is 3.61. The van der Waals surface area contributed by atoms with Crippen LogP contribution in [0.15, 0.2) is 30.3 Å². The lowest BCUT2D eigenvalue weighted by Crippen LogP contribution is -2.42. The largest absolute Gasteiger partial charge is 0.445 e. The van der Waals surface area contributed by atoms with Crippen LogP contribution in [0.25, 0.3) is 0 Å². The fraction of sp³-hybridized carbons (Fsp3) is 0.562. The SMILES string of the molecule is O=C(NC[C@@H](O)CN1CCCCC1)OCc1ccccc1. The van der Waals surface area contributed by atoms with E-state index in [0.717, 1.165) is 18.7 Å². The fourth-order valence-corrected chi connectivity index (χ4v) is 2.48. The number of hydrogen-bond acceptors (Lipinski definition) is 4. The summed E-state index contributed by atoms with van der Waals surface area (Å²) in [4.78, 5) is 13.8. The van der Waals surface area contributed by atoms with E-state index in [1.807, 2.05) is 30.3 Å². The molecule has 0 saturated carbocycles. The average Bonchev–Trinajstić information content (AvgIpc) is 2.53. The molecule has 0 aliphatic carbocycles. The first-order valence-corrected chi connectivity index (χ1v) is 7.59. The van der Waals surface area contributed by atoms with Gasteiger partial charge in [0.25, 0.3) is 0 Å². The van der Waals surface area contributed by atoms with Crippen molar-refractivity contribution in [1.29, 1.82) is 0 Å². The highest BCUT2D eigenvalue weighted by atomic mass is 16.5. The fourth-order valence-electron chi connectivity index (χ4n) is 2.48. The molecule has 1 aromatic carbocycles. The Kier molecular flexibility index (Phi) is 6.50. The van der Waals surface area contributed by atoms with Crippen molar-refractivity contribution in [1.82, 2.24) is 10.2 Å². The van der Waals surface area contributed by atoms with Gasteiger partial charge in [-0.2, -0.15) is 0 Å². The van der Waals surface area contributed by atoms with Crippen LogP contribution in [0.4, 0.5) is 4.79 Å². The third kappa shape index (κ3) is 6.14. The number of nitrogens with one attached hydrogen (secondary N) is 1. The summed E-state index contributed by atoms with van der Waals surface area (Å²) in [6.07, 6.45) is 2.62. The van der Waals surface area contributed by atoms with Gasteiger partial charge in [-0.1, -0.05) is 36.8 Å². The zero-order chi connectivity index (χ0) is 14.9. The summed E-state index contributed by atoms with van der Waals surface area (Å²) in [5, 5.41) is 12.5. The second kappa shape index (κ2) is 8.64. The summed E-state index contributed by atoms with van der Waals surface area (Å²) in [7, 11) is 0. The summed E-state index contributed by atoms with van der Waals surface area (Å²) in [5.74, 6) is 0. The number of β-amino-alcohol motifs (C(OH)–C–C–N with tert-alkyl or cyclic N) is 1. The van der Waals surface area contributed by atoms with Gasteiger partial charge in [0.15, 0.2) is 0 Å². The van der Waals surface area contributed by atoms with Crippen LogP contribution in [-0.2, 0) is 11.3 Å². The minimum absolute atomic E-state index is 0.226. The Labute approximate surface area is 125 Å². The molecule has 1 amide bonds. The minimum atomic E-state index is -0.549. The summed E-state index contributed by atoms with van der Waals surface area (Å²) in [6, 6.07) is 9.52. The van der Waals surface area contributed by atoms with Gasteiger partial charge in [-0.15, -0.1) is 0 Å². The molecule has 1 saturated heterocycles. The van der Waals surface area contributed by atoms with E-state index in [2.05, 4.69) is 10.2 Å². The monoisotopic (exact) mass is 292 g/mol. The van der Waals surface area contributed by atoms with Crippen LogP contribution >= 0.6 is 0 Å². The van der Waals surface area contributed by atoms with Crippen LogP contribution in [-0.4, -0.2) is 48.4 Å². The van der Waals surface area contributed by atoms with Gasteiger partial charge < -0.3 is 20.1 Å². The number of nitrogens with zero attached hydrogens (tertiary/aromatic N) is 1. The molecule has 0 spiro atoms. The number of hydrogen-bond donors (Lipinski definition) is 2. The number of aliphatic hydroxyl groups is 1. The Hall–Kier alpha value is -1.59. The Morgan fingerprint density at radius 3 is 2.67 bits per heavy atom. The van der Waals surface area contributed by atoms with Gasteiger partial charge in [0.1, 0.15) is 6.61 Å². The van der Waals surface area contributed by atoms with Crippen molar-refractivity contribution in [3.63, 3.8) is 0 Å². The number of benzene rings is 1. The molecule has 116 valence electrons. The number of aliphatic hydroxyl groups excluding tert-OH is 1. The van der Waals surface area contributed by atoms with Gasteiger partial charge in [-0.25, -0.2) is 4.79 Å². The first-order chi connectivity index (χ1) is 10.2. The molecule has 5 nitrogen and oxygen atoms in total. The maximum Gasteiger partial charge on any atom is 0.407 e. The van der Waals surface area contributed by atoms with Crippen molar-refractivity contribution in [2.24, 2.45) is 0 Å². The summed E-state index contributed by atoms with van der Waals surface area (Å²) in [5.41, 5.74) is 0.946. The Morgan fingerprint density at radius 2 is 1.95 bits per heavy atom. The lowest BCUT2D eigenvalue weighted by Gasteiger charge is -2.28. The quantitative estimate of drug-likeness (QED) is 0.838. The number of carbonyl (C=O) groups excluding carboxylic acids is 1. The molecule has 0 radical (unpaired) electrons. The average molecular weight is 292 g/mol. The lowest BCUT2D eigenvalue weighted by atomic mass is 10.1. The number of piperidine rings is 1. The normalized spacial score (nSPS) is 17.2. The second-order valence-corrected chi connectivity index (χ2v) is 5.46. The molecule has 1 heterocycles. The smallest absolute Gasteiger partial charge is 0.407 e. The number of alkyl carbamates (subject to hydrolysis) is 1. The molecule has 1 aliphatic heterocycles. The van der Waals surface area contributed by atoms with Gasteiger partial charge >= 0.3 is 6.09 Å². The zero-order valence-corrected chi connectivity index (χ0v) is 12.3. The van der Waals surface area contributed by atoms with Crippen LogP contribution in [0.2, 0.25) is 0 Å². The first kappa shape index (κ1) is 15.8. The number of carbonyl (C=O) groups is 1. The van der Waals surface area contributed by atoms with E-state index in [1.165, 1.54) is 19.3 Å². The topological polar surface area (TPSA) is 61.8 Å². The van der Waals surface area contributed by atoms with E-state index in [0.29, 0.717) is 6.54 Å². The minimum Gasteiger partial charge on any atom is -0.445 e. The van der Waals surface area contributed by atoms with Crippen molar-refractivity contribution >= 4 is 6.09 Å². The molecule has 1 fully saturated rings. The van der Waals surface area contributed by atoms with Crippen LogP contribution in [0.1, 0.15) is 24.8 Å². The van der Waals surface area contributed by atoms with Crippen LogP contribution in [0, 0.1) is 0 Å². The predicted molar refractivity (Wildman–Crippen MR) is 80.9 cm³/mol. The summed E-state index contributed by atoms with van der Waals surface area (Å²) in [6.45, 7) is 3.16. The highest BCUT2D eigenvalue weighted by molar-refractivity contribution is 5.67. The van der Waals surface area contributed by atoms with E-state index in [1.54, 1.807) is 0 Å². The van der Waals surface area contributed by atoms with E-state index in [4.69, 9.17) is 4.74 Å². The van der Waals surface area contributed by atoms with E-state index in [-0.39, 0.29) is 13.2 Å². The predicted octanol–water partition coefficient (Wildman–Crippen LogP) is 1.76. The Balaban J connectivity index is 1.59. The number of ether oxygens (including phenoxy) is 1. The van der Waals surface area contributed by atoms with Crippen LogP contribution in [0.3, 0.4) is 0 Å². The molecular weight excluding hydrogens is 268 g/mol. The van der Waals surface area contributed by atoms with Crippen molar-refractivity contribution in [2.75, 3.05) is 26.2 Å². The Morgan fingerprint density at radius 1 is 1.24 bits per heavy atom. The van der Waals surface area contributed by atoms with Gasteiger partial charge in [-0.05, 0) is 31.5 Å². The molecule has 0 bridgehead atoms. The molecule has 1 atom stereocenters. The molecule has 0 unspecified atom stereocenters. The molecule has 1 aliphatic rings. The molecule has 0 aromatic heterocycles. The maximum atomic E-state index is 11.6. The number of amides is 1. The summed E-state index contributed by atoms with van der Waals surface area (Å²) >= 11 is 0. The van der Waals surface area contributed by atoms with E-state index in [9.17, 15) is 9.90 Å². The molecule has 5 heteroatoms. The molecular formula is C16H24N2O3. The molecule has 1 aromatic rings. The van der Waals surface area contributed by atoms with E-state index < -0.39 is 12.2 Å².